The second kappa shape index (κ2) is 7.30. The number of rotatable bonds is 5. The minimum absolute atomic E-state index is 0.443. The van der Waals surface area contributed by atoms with E-state index in [0.717, 1.165) is 23.4 Å². The number of hydrogen-bond donors (Lipinski definition) is 3. The van der Waals surface area contributed by atoms with E-state index in [4.69, 9.17) is 5.73 Å². The Bertz CT molecular complexity index is 907. The van der Waals surface area contributed by atoms with Gasteiger partial charge in [0, 0.05) is 18.2 Å². The van der Waals surface area contributed by atoms with Crippen LogP contribution in [-0.4, -0.2) is 21.9 Å². The number of amides is 1. The lowest BCUT2D eigenvalue weighted by Gasteiger charge is -2.22. The number of aromatic nitrogens is 2. The van der Waals surface area contributed by atoms with Gasteiger partial charge in [0.1, 0.15) is 11.3 Å². The molecule has 1 aliphatic rings. The highest BCUT2D eigenvalue weighted by Gasteiger charge is 2.13. The first kappa shape index (κ1) is 16.8. The Labute approximate surface area is 153 Å². The number of para-hydroxylation sites is 1. The van der Waals surface area contributed by atoms with Crippen LogP contribution in [0, 0.1) is 0 Å². The third-order valence-electron chi connectivity index (χ3n) is 5.21. The number of hydrogen-bond acceptors (Lipinski definition) is 3. The first-order valence-corrected chi connectivity index (χ1v) is 9.32. The Hall–Kier alpha value is -2.66. The summed E-state index contributed by atoms with van der Waals surface area (Å²) < 4.78 is 0. The molecule has 4 N–H and O–H groups in total. The van der Waals surface area contributed by atoms with E-state index in [1.54, 1.807) is 6.07 Å². The van der Waals surface area contributed by atoms with Crippen LogP contribution >= 0.6 is 0 Å². The van der Waals surface area contributed by atoms with Crippen LogP contribution in [0.2, 0.25) is 0 Å². The number of nitrogens with one attached hydrogen (secondary N) is 2. The zero-order valence-corrected chi connectivity index (χ0v) is 14.8. The molecule has 1 aromatic heterocycles. The highest BCUT2D eigenvalue weighted by Crippen LogP contribution is 2.23. The van der Waals surface area contributed by atoms with Crippen LogP contribution < -0.4 is 11.1 Å². The monoisotopic (exact) mass is 348 g/mol. The third-order valence-corrected chi connectivity index (χ3v) is 5.21. The van der Waals surface area contributed by atoms with E-state index in [1.807, 2.05) is 12.1 Å². The van der Waals surface area contributed by atoms with Gasteiger partial charge in [0.15, 0.2) is 0 Å². The van der Waals surface area contributed by atoms with Crippen LogP contribution in [0.4, 0.5) is 0 Å². The number of imidazole rings is 1. The molecule has 0 saturated heterocycles. The summed E-state index contributed by atoms with van der Waals surface area (Å²) in [5.41, 5.74) is 9.60. The number of aromatic amines is 1. The molecule has 0 bridgehead atoms. The molecule has 0 unspecified atom stereocenters. The molecule has 0 radical (unpaired) electrons. The predicted molar refractivity (Wildman–Crippen MR) is 104 cm³/mol. The van der Waals surface area contributed by atoms with Crippen LogP contribution in [-0.2, 0) is 6.54 Å². The van der Waals surface area contributed by atoms with Crippen LogP contribution in [0.3, 0.4) is 0 Å². The molecule has 2 aromatic carbocycles. The first-order valence-electron chi connectivity index (χ1n) is 9.32. The van der Waals surface area contributed by atoms with Crippen molar-refractivity contribution in [3.8, 4) is 11.4 Å². The lowest BCUT2D eigenvalue weighted by molar-refractivity contribution is 0.100. The van der Waals surface area contributed by atoms with Crippen molar-refractivity contribution in [3.63, 3.8) is 0 Å². The van der Waals surface area contributed by atoms with E-state index in [9.17, 15) is 4.79 Å². The van der Waals surface area contributed by atoms with Gasteiger partial charge in [-0.15, -0.1) is 0 Å². The van der Waals surface area contributed by atoms with Gasteiger partial charge in [0.2, 0.25) is 0 Å². The maximum absolute atomic E-state index is 11.6. The summed E-state index contributed by atoms with van der Waals surface area (Å²) >= 11 is 0. The summed E-state index contributed by atoms with van der Waals surface area (Å²) in [5, 5.41) is 3.66. The average Bonchev–Trinajstić information content (AvgIpc) is 3.11. The summed E-state index contributed by atoms with van der Waals surface area (Å²) in [4.78, 5) is 19.4. The average molecular weight is 348 g/mol. The fourth-order valence-electron chi connectivity index (χ4n) is 3.72. The van der Waals surface area contributed by atoms with Crippen molar-refractivity contribution in [1.29, 1.82) is 0 Å². The number of primary amides is 1. The van der Waals surface area contributed by atoms with Gasteiger partial charge < -0.3 is 16.0 Å². The van der Waals surface area contributed by atoms with E-state index < -0.39 is 5.91 Å². The molecule has 0 aliphatic heterocycles. The third kappa shape index (κ3) is 3.48. The fourth-order valence-corrected chi connectivity index (χ4v) is 3.72. The minimum atomic E-state index is -0.460. The summed E-state index contributed by atoms with van der Waals surface area (Å²) in [6.07, 6.45) is 6.65. The normalized spacial score (nSPS) is 15.4. The lowest BCUT2D eigenvalue weighted by Crippen LogP contribution is -2.30. The molecule has 5 nitrogen and oxygen atoms in total. The lowest BCUT2D eigenvalue weighted by atomic mass is 9.95. The van der Waals surface area contributed by atoms with Gasteiger partial charge in [-0.2, -0.15) is 0 Å². The van der Waals surface area contributed by atoms with E-state index in [-0.39, 0.29) is 0 Å². The second-order valence-corrected chi connectivity index (χ2v) is 7.06. The van der Waals surface area contributed by atoms with Gasteiger partial charge in [-0.1, -0.05) is 49.6 Å². The number of benzene rings is 2. The number of fused-ring (bicyclic) bond motifs is 1. The van der Waals surface area contributed by atoms with Crippen molar-refractivity contribution < 1.29 is 4.79 Å². The first-order chi connectivity index (χ1) is 12.7. The minimum Gasteiger partial charge on any atom is -0.366 e. The molecule has 1 aliphatic carbocycles. The van der Waals surface area contributed by atoms with E-state index >= 15 is 0 Å². The Morgan fingerprint density at radius 1 is 1.12 bits per heavy atom. The van der Waals surface area contributed by atoms with Crippen molar-refractivity contribution in [2.75, 3.05) is 0 Å². The highest BCUT2D eigenvalue weighted by atomic mass is 16.1. The van der Waals surface area contributed by atoms with Crippen molar-refractivity contribution >= 4 is 16.9 Å². The summed E-state index contributed by atoms with van der Waals surface area (Å²) in [6.45, 7) is 0.900. The Morgan fingerprint density at radius 2 is 1.88 bits per heavy atom. The standard InChI is InChI=1S/C21H24N4O/c22-20(26)17-7-4-8-18-19(17)25-21(24-18)15-11-9-14(10-12-15)13-23-16-5-2-1-3-6-16/h4,7-12,16,23H,1-3,5-6,13H2,(H2,22,26)(H,24,25). The summed E-state index contributed by atoms with van der Waals surface area (Å²) in [5.74, 6) is 0.290. The SMILES string of the molecule is NC(=O)c1cccc2[nH]c(-c3ccc(CNC4CCCCC4)cc3)nc12. The molecule has 4 rings (SSSR count). The Morgan fingerprint density at radius 3 is 2.62 bits per heavy atom. The van der Waals surface area contributed by atoms with E-state index in [2.05, 4.69) is 39.6 Å². The van der Waals surface area contributed by atoms with Gasteiger partial charge in [0.25, 0.3) is 5.91 Å². The molecule has 1 amide bonds. The Balaban J connectivity index is 1.50. The van der Waals surface area contributed by atoms with E-state index in [0.29, 0.717) is 17.1 Å². The number of carbonyl (C=O) groups is 1. The van der Waals surface area contributed by atoms with Crippen LogP contribution in [0.15, 0.2) is 42.5 Å². The number of H-pyrrole nitrogens is 1. The van der Waals surface area contributed by atoms with Gasteiger partial charge in [-0.3, -0.25) is 4.79 Å². The molecule has 26 heavy (non-hydrogen) atoms. The maximum atomic E-state index is 11.6. The molecule has 1 fully saturated rings. The zero-order valence-electron chi connectivity index (χ0n) is 14.8. The molecule has 1 saturated carbocycles. The summed E-state index contributed by atoms with van der Waals surface area (Å²) in [6, 6.07) is 14.5. The molecule has 134 valence electrons. The smallest absolute Gasteiger partial charge is 0.250 e. The van der Waals surface area contributed by atoms with Crippen LogP contribution in [0.1, 0.15) is 48.0 Å². The number of carbonyl (C=O) groups excluding carboxylic acids is 1. The van der Waals surface area contributed by atoms with Crippen molar-refractivity contribution in [2.24, 2.45) is 5.73 Å². The molecule has 3 aromatic rings. The summed E-state index contributed by atoms with van der Waals surface area (Å²) in [7, 11) is 0. The molecule has 5 heteroatoms. The predicted octanol–water partition coefficient (Wildman–Crippen LogP) is 3.75. The fraction of sp³-hybridized carbons (Fsp3) is 0.333. The number of nitrogens with two attached hydrogens (primary N) is 1. The second-order valence-electron chi connectivity index (χ2n) is 7.06. The molecular formula is C21H24N4O. The number of nitrogens with zero attached hydrogens (tertiary/aromatic N) is 1. The molecule has 1 heterocycles. The highest BCUT2D eigenvalue weighted by molar-refractivity contribution is 6.04. The van der Waals surface area contributed by atoms with Crippen molar-refractivity contribution in [1.82, 2.24) is 15.3 Å². The topological polar surface area (TPSA) is 83.8 Å². The van der Waals surface area contributed by atoms with Crippen LogP contribution in [0.25, 0.3) is 22.4 Å². The molecule has 0 spiro atoms. The van der Waals surface area contributed by atoms with E-state index in [1.165, 1.54) is 37.7 Å². The van der Waals surface area contributed by atoms with Gasteiger partial charge >= 0.3 is 0 Å². The Kier molecular flexibility index (Phi) is 4.71. The van der Waals surface area contributed by atoms with Gasteiger partial charge in [0.05, 0.1) is 11.1 Å². The quantitative estimate of drug-likeness (QED) is 0.656. The molecular weight excluding hydrogens is 324 g/mol. The largest absolute Gasteiger partial charge is 0.366 e. The molecule has 0 atom stereocenters. The van der Waals surface area contributed by atoms with Gasteiger partial charge in [-0.25, -0.2) is 4.98 Å². The van der Waals surface area contributed by atoms with Crippen LogP contribution in [0.5, 0.6) is 0 Å². The van der Waals surface area contributed by atoms with Crippen molar-refractivity contribution in [2.45, 2.75) is 44.7 Å². The zero-order chi connectivity index (χ0) is 17.9. The maximum Gasteiger partial charge on any atom is 0.250 e. The van der Waals surface area contributed by atoms with Crippen molar-refractivity contribution in [3.05, 3.63) is 53.6 Å². The van der Waals surface area contributed by atoms with Gasteiger partial charge in [-0.05, 0) is 30.5 Å².